The summed E-state index contributed by atoms with van der Waals surface area (Å²) < 4.78 is 25.6. The summed E-state index contributed by atoms with van der Waals surface area (Å²) in [5.41, 5.74) is -0.145. The van der Waals surface area contributed by atoms with Gasteiger partial charge in [0.05, 0.1) is 11.0 Å². The largest absolute Gasteiger partial charge is 0.275 e. The summed E-state index contributed by atoms with van der Waals surface area (Å²) in [5, 5.41) is 11.2. The van der Waals surface area contributed by atoms with E-state index in [0.29, 0.717) is 24.2 Å². The Hall–Kier alpha value is -1.04. The molecule has 0 aliphatic carbocycles. The molecule has 0 saturated heterocycles. The van der Waals surface area contributed by atoms with Crippen LogP contribution in [0.15, 0.2) is 12.1 Å². The van der Waals surface area contributed by atoms with Crippen molar-refractivity contribution in [2.75, 3.05) is 5.33 Å². The zero-order valence-electron chi connectivity index (χ0n) is 7.67. The summed E-state index contributed by atoms with van der Waals surface area (Å²) in [6.45, 7) is 0. The van der Waals surface area contributed by atoms with Crippen LogP contribution < -0.4 is 0 Å². The van der Waals surface area contributed by atoms with E-state index in [1.807, 2.05) is 0 Å². The number of alkyl halides is 1. The number of halogens is 3. The molecule has 0 heterocycles. The highest BCUT2D eigenvalue weighted by molar-refractivity contribution is 9.09. The van der Waals surface area contributed by atoms with Gasteiger partial charge in [-0.1, -0.05) is 15.9 Å². The highest BCUT2D eigenvalue weighted by Crippen LogP contribution is 2.23. The second kappa shape index (κ2) is 5.16. The molecule has 1 rings (SSSR count). The van der Waals surface area contributed by atoms with Crippen molar-refractivity contribution in [1.82, 2.24) is 0 Å². The molecule has 1 aromatic carbocycles. The number of rotatable bonds is 4. The molecule has 0 amide bonds. The highest BCUT2D eigenvalue weighted by atomic mass is 79.9. The number of nitro benzene ring substituents is 1. The van der Waals surface area contributed by atoms with Crippen molar-refractivity contribution in [3.8, 4) is 0 Å². The van der Waals surface area contributed by atoms with Crippen molar-refractivity contribution in [2.24, 2.45) is 0 Å². The number of nitrogens with zero attached hydrogens (tertiary/aromatic N) is 1. The Labute approximate surface area is 93.4 Å². The number of hydrogen-bond acceptors (Lipinski definition) is 2. The lowest BCUT2D eigenvalue weighted by Gasteiger charge is -2.02. The lowest BCUT2D eigenvalue weighted by atomic mass is 10.1. The molecule has 0 aliphatic heterocycles. The fourth-order valence-corrected chi connectivity index (χ4v) is 1.49. The third-order valence-electron chi connectivity index (χ3n) is 1.90. The minimum Gasteiger partial charge on any atom is -0.258 e. The van der Waals surface area contributed by atoms with E-state index in [1.165, 1.54) is 0 Å². The van der Waals surface area contributed by atoms with E-state index in [-0.39, 0.29) is 11.3 Å². The molecule has 0 unspecified atom stereocenters. The Morgan fingerprint density at radius 1 is 1.33 bits per heavy atom. The molecule has 0 saturated carbocycles. The van der Waals surface area contributed by atoms with E-state index in [4.69, 9.17) is 0 Å². The van der Waals surface area contributed by atoms with E-state index >= 15 is 0 Å². The van der Waals surface area contributed by atoms with Crippen LogP contribution in [-0.2, 0) is 6.42 Å². The van der Waals surface area contributed by atoms with E-state index in [0.717, 1.165) is 6.07 Å². The molecular formula is C9H8BrF2NO2. The summed E-state index contributed by atoms with van der Waals surface area (Å²) in [6.07, 6.45) is 0.977. The van der Waals surface area contributed by atoms with Crippen LogP contribution in [0.1, 0.15) is 12.0 Å². The summed E-state index contributed by atoms with van der Waals surface area (Å²) in [7, 11) is 0. The molecule has 0 atom stereocenters. The van der Waals surface area contributed by atoms with Crippen molar-refractivity contribution in [1.29, 1.82) is 0 Å². The summed E-state index contributed by atoms with van der Waals surface area (Å²) in [4.78, 5) is 9.85. The topological polar surface area (TPSA) is 43.1 Å². The second-order valence-electron chi connectivity index (χ2n) is 2.94. The van der Waals surface area contributed by atoms with Gasteiger partial charge in [0.2, 0.25) is 0 Å². The normalized spacial score (nSPS) is 10.3. The first-order chi connectivity index (χ1) is 7.06. The average Bonchev–Trinajstić information content (AvgIpc) is 2.19. The van der Waals surface area contributed by atoms with Crippen molar-refractivity contribution >= 4 is 21.6 Å². The molecule has 0 aromatic heterocycles. The SMILES string of the molecule is O=[N+]([O-])c1cc(F)c(F)cc1CCCBr. The maximum Gasteiger partial charge on any atom is 0.275 e. The van der Waals surface area contributed by atoms with Gasteiger partial charge in [-0.05, 0) is 18.9 Å². The number of benzene rings is 1. The van der Waals surface area contributed by atoms with Crippen molar-refractivity contribution in [3.05, 3.63) is 39.4 Å². The number of aryl methyl sites for hydroxylation is 1. The van der Waals surface area contributed by atoms with Gasteiger partial charge in [0, 0.05) is 10.9 Å². The Balaban J connectivity index is 3.10. The monoisotopic (exact) mass is 279 g/mol. The molecule has 1 aromatic rings. The number of hydrogen-bond donors (Lipinski definition) is 0. The van der Waals surface area contributed by atoms with Gasteiger partial charge in [0.25, 0.3) is 5.69 Å². The molecule has 3 nitrogen and oxygen atoms in total. The molecule has 0 radical (unpaired) electrons. The Bertz CT molecular complexity index is 385. The van der Waals surface area contributed by atoms with Gasteiger partial charge >= 0.3 is 0 Å². The Morgan fingerprint density at radius 3 is 2.47 bits per heavy atom. The minimum absolute atomic E-state index is 0.221. The first-order valence-electron chi connectivity index (χ1n) is 4.24. The predicted octanol–water partition coefficient (Wildman–Crippen LogP) is 3.20. The van der Waals surface area contributed by atoms with Crippen molar-refractivity contribution in [2.45, 2.75) is 12.8 Å². The fraction of sp³-hybridized carbons (Fsp3) is 0.333. The lowest BCUT2D eigenvalue weighted by Crippen LogP contribution is -1.99. The molecular weight excluding hydrogens is 272 g/mol. The predicted molar refractivity (Wildman–Crippen MR) is 55.1 cm³/mol. The van der Waals surface area contributed by atoms with Gasteiger partial charge in [0.1, 0.15) is 0 Å². The molecule has 6 heteroatoms. The highest BCUT2D eigenvalue weighted by Gasteiger charge is 2.17. The first kappa shape index (κ1) is 12.0. The summed E-state index contributed by atoms with van der Waals surface area (Å²) in [5.74, 6) is -2.24. The van der Waals surface area contributed by atoms with Crippen LogP contribution in [0.2, 0.25) is 0 Å². The average molecular weight is 280 g/mol. The maximum absolute atomic E-state index is 12.8. The van der Waals surface area contributed by atoms with Crippen LogP contribution >= 0.6 is 15.9 Å². The van der Waals surface area contributed by atoms with E-state index in [9.17, 15) is 18.9 Å². The number of nitro groups is 1. The summed E-state index contributed by atoms with van der Waals surface area (Å²) >= 11 is 3.16. The molecule has 0 fully saturated rings. The minimum atomic E-state index is -1.19. The van der Waals surface area contributed by atoms with Crippen molar-refractivity contribution < 1.29 is 13.7 Å². The van der Waals surface area contributed by atoms with Crippen LogP contribution in [0.4, 0.5) is 14.5 Å². The second-order valence-corrected chi connectivity index (χ2v) is 3.74. The molecule has 0 N–H and O–H groups in total. The third kappa shape index (κ3) is 2.95. The van der Waals surface area contributed by atoms with E-state index in [1.54, 1.807) is 0 Å². The van der Waals surface area contributed by atoms with Crippen LogP contribution in [0.3, 0.4) is 0 Å². The Morgan fingerprint density at radius 2 is 1.93 bits per heavy atom. The Kier molecular flexibility index (Phi) is 4.14. The fourth-order valence-electron chi connectivity index (χ4n) is 1.20. The van der Waals surface area contributed by atoms with Crippen LogP contribution in [0, 0.1) is 21.7 Å². The van der Waals surface area contributed by atoms with Crippen LogP contribution in [-0.4, -0.2) is 10.3 Å². The third-order valence-corrected chi connectivity index (χ3v) is 2.46. The quantitative estimate of drug-likeness (QED) is 0.483. The van der Waals surface area contributed by atoms with Crippen LogP contribution in [0.25, 0.3) is 0 Å². The summed E-state index contributed by atoms with van der Waals surface area (Å²) in [6, 6.07) is 1.51. The standard InChI is InChI=1S/C9H8BrF2NO2/c10-3-1-2-6-4-7(11)8(12)5-9(6)13(14)15/h4-5H,1-3H2. The van der Waals surface area contributed by atoms with E-state index < -0.39 is 16.6 Å². The molecule has 0 aliphatic rings. The van der Waals surface area contributed by atoms with Gasteiger partial charge in [-0.3, -0.25) is 10.1 Å². The van der Waals surface area contributed by atoms with Gasteiger partial charge in [0.15, 0.2) is 11.6 Å². The first-order valence-corrected chi connectivity index (χ1v) is 5.36. The zero-order chi connectivity index (χ0) is 11.4. The van der Waals surface area contributed by atoms with Gasteiger partial charge in [-0.15, -0.1) is 0 Å². The maximum atomic E-state index is 12.8. The lowest BCUT2D eigenvalue weighted by molar-refractivity contribution is -0.385. The molecule has 0 bridgehead atoms. The van der Waals surface area contributed by atoms with Gasteiger partial charge in [-0.2, -0.15) is 0 Å². The zero-order valence-corrected chi connectivity index (χ0v) is 9.26. The smallest absolute Gasteiger partial charge is 0.258 e. The molecule has 0 spiro atoms. The van der Waals surface area contributed by atoms with Crippen molar-refractivity contribution in [3.63, 3.8) is 0 Å². The van der Waals surface area contributed by atoms with Gasteiger partial charge in [-0.25, -0.2) is 8.78 Å². The van der Waals surface area contributed by atoms with Gasteiger partial charge < -0.3 is 0 Å². The molecule has 15 heavy (non-hydrogen) atoms. The van der Waals surface area contributed by atoms with E-state index in [2.05, 4.69) is 15.9 Å². The van der Waals surface area contributed by atoms with Crippen LogP contribution in [0.5, 0.6) is 0 Å². The molecule has 82 valence electrons.